The number of sulfonamides is 1. The van der Waals surface area contributed by atoms with E-state index in [4.69, 9.17) is 9.47 Å². The van der Waals surface area contributed by atoms with Crippen molar-refractivity contribution < 1.29 is 17.9 Å². The number of rotatable bonds is 7. The first-order valence-corrected chi connectivity index (χ1v) is 12.2. The molecule has 0 spiro atoms. The van der Waals surface area contributed by atoms with Crippen LogP contribution in [0.25, 0.3) is 0 Å². The minimum atomic E-state index is -3.64. The van der Waals surface area contributed by atoms with Gasteiger partial charge in [-0.1, -0.05) is 12.1 Å². The number of hydrogen-bond donors (Lipinski definition) is 1. The van der Waals surface area contributed by atoms with Gasteiger partial charge in [-0.25, -0.2) is 13.1 Å². The summed E-state index contributed by atoms with van der Waals surface area (Å²) in [6, 6.07) is 11.4. The van der Waals surface area contributed by atoms with Crippen molar-refractivity contribution in [2.45, 2.75) is 24.3 Å². The SMILES string of the molecule is COc1ccc(S(=O)(=O)NCC(c2ccc3c(c2)CCN3C)N2CCOCC2)cc1C. The third-order valence-corrected chi connectivity index (χ3v) is 7.67. The molecule has 1 atom stereocenters. The van der Waals surface area contributed by atoms with Crippen LogP contribution in [0.15, 0.2) is 41.3 Å². The lowest BCUT2D eigenvalue weighted by molar-refractivity contribution is 0.0172. The fourth-order valence-corrected chi connectivity index (χ4v) is 5.55. The maximum Gasteiger partial charge on any atom is 0.240 e. The summed E-state index contributed by atoms with van der Waals surface area (Å²) >= 11 is 0. The van der Waals surface area contributed by atoms with Crippen LogP contribution in [0, 0.1) is 6.92 Å². The molecule has 0 saturated carbocycles. The van der Waals surface area contributed by atoms with Crippen LogP contribution in [0.2, 0.25) is 0 Å². The Labute approximate surface area is 185 Å². The molecule has 2 aliphatic heterocycles. The molecular formula is C23H31N3O4S. The summed E-state index contributed by atoms with van der Waals surface area (Å²) < 4.78 is 39.7. The van der Waals surface area contributed by atoms with Gasteiger partial charge in [0.1, 0.15) is 5.75 Å². The average molecular weight is 446 g/mol. The number of nitrogens with one attached hydrogen (secondary N) is 1. The predicted molar refractivity (Wildman–Crippen MR) is 121 cm³/mol. The van der Waals surface area contributed by atoms with Crippen molar-refractivity contribution in [3.63, 3.8) is 0 Å². The van der Waals surface area contributed by atoms with Crippen LogP contribution in [0.4, 0.5) is 5.69 Å². The van der Waals surface area contributed by atoms with Gasteiger partial charge in [-0.2, -0.15) is 0 Å². The summed E-state index contributed by atoms with van der Waals surface area (Å²) in [7, 11) is 0.0450. The molecule has 0 aliphatic carbocycles. The molecule has 1 saturated heterocycles. The van der Waals surface area contributed by atoms with E-state index in [0.29, 0.717) is 25.5 Å². The number of methoxy groups -OCH3 is 1. The monoisotopic (exact) mass is 445 g/mol. The second-order valence-corrected chi connectivity index (χ2v) is 9.97. The summed E-state index contributed by atoms with van der Waals surface area (Å²) in [4.78, 5) is 4.82. The Morgan fingerprint density at radius 1 is 1.13 bits per heavy atom. The van der Waals surface area contributed by atoms with Crippen molar-refractivity contribution in [2.24, 2.45) is 0 Å². The third-order valence-electron chi connectivity index (χ3n) is 6.25. The topological polar surface area (TPSA) is 71.1 Å². The number of nitrogens with zero attached hydrogens (tertiary/aromatic N) is 2. The largest absolute Gasteiger partial charge is 0.496 e. The number of fused-ring (bicyclic) bond motifs is 1. The van der Waals surface area contributed by atoms with Gasteiger partial charge in [0.25, 0.3) is 0 Å². The van der Waals surface area contributed by atoms with E-state index in [1.165, 1.54) is 11.3 Å². The molecule has 0 bridgehead atoms. The number of morpholine rings is 1. The smallest absolute Gasteiger partial charge is 0.240 e. The molecule has 2 heterocycles. The van der Waals surface area contributed by atoms with Gasteiger partial charge in [-0.05, 0) is 54.3 Å². The van der Waals surface area contributed by atoms with Crippen LogP contribution in [0.5, 0.6) is 5.75 Å². The van der Waals surface area contributed by atoms with Gasteiger partial charge in [-0.15, -0.1) is 0 Å². The molecule has 2 aromatic rings. The lowest BCUT2D eigenvalue weighted by Gasteiger charge is -2.35. The third kappa shape index (κ3) is 4.72. The maximum atomic E-state index is 13.0. The molecular weight excluding hydrogens is 414 g/mol. The Kier molecular flexibility index (Phi) is 6.52. The van der Waals surface area contributed by atoms with Gasteiger partial charge in [0.2, 0.25) is 10.0 Å². The zero-order valence-electron chi connectivity index (χ0n) is 18.4. The zero-order chi connectivity index (χ0) is 22.0. The second kappa shape index (κ2) is 9.16. The number of aryl methyl sites for hydroxylation is 1. The first kappa shape index (κ1) is 22.1. The van der Waals surface area contributed by atoms with E-state index in [-0.39, 0.29) is 10.9 Å². The Morgan fingerprint density at radius 2 is 1.90 bits per heavy atom. The molecule has 1 fully saturated rings. The predicted octanol–water partition coefficient (Wildman–Crippen LogP) is 2.35. The van der Waals surface area contributed by atoms with Gasteiger partial charge >= 0.3 is 0 Å². The average Bonchev–Trinajstić information content (AvgIpc) is 3.14. The van der Waals surface area contributed by atoms with Crippen molar-refractivity contribution >= 4 is 15.7 Å². The number of benzene rings is 2. The highest BCUT2D eigenvalue weighted by Gasteiger charge is 2.27. The molecule has 7 nitrogen and oxygen atoms in total. The number of likely N-dealkylation sites (N-methyl/N-ethyl adjacent to an activating group) is 1. The van der Waals surface area contributed by atoms with Crippen molar-refractivity contribution in [1.82, 2.24) is 9.62 Å². The summed E-state index contributed by atoms with van der Waals surface area (Å²) in [5.74, 6) is 0.674. The summed E-state index contributed by atoms with van der Waals surface area (Å²) in [5.41, 5.74) is 4.52. The Bertz CT molecular complexity index is 1040. The van der Waals surface area contributed by atoms with Gasteiger partial charge < -0.3 is 14.4 Å². The van der Waals surface area contributed by atoms with E-state index in [9.17, 15) is 8.42 Å². The molecule has 0 radical (unpaired) electrons. The fraction of sp³-hybridized carbons (Fsp3) is 0.478. The Morgan fingerprint density at radius 3 is 2.61 bits per heavy atom. The van der Waals surface area contributed by atoms with Gasteiger partial charge in [0.15, 0.2) is 0 Å². The molecule has 1 unspecified atom stereocenters. The minimum Gasteiger partial charge on any atom is -0.496 e. The highest BCUT2D eigenvalue weighted by atomic mass is 32.2. The van der Waals surface area contributed by atoms with Crippen molar-refractivity contribution in [1.29, 1.82) is 0 Å². The van der Waals surface area contributed by atoms with Crippen molar-refractivity contribution in [3.05, 3.63) is 53.1 Å². The molecule has 1 N–H and O–H groups in total. The minimum absolute atomic E-state index is 0.0470. The quantitative estimate of drug-likeness (QED) is 0.706. The van der Waals surface area contributed by atoms with Crippen LogP contribution in [-0.4, -0.2) is 66.9 Å². The molecule has 31 heavy (non-hydrogen) atoms. The van der Waals surface area contributed by atoms with Crippen LogP contribution in [-0.2, 0) is 21.2 Å². The molecule has 168 valence electrons. The second-order valence-electron chi connectivity index (χ2n) is 8.21. The summed E-state index contributed by atoms with van der Waals surface area (Å²) in [6.45, 7) is 6.06. The van der Waals surface area contributed by atoms with Gasteiger partial charge in [0.05, 0.1) is 25.2 Å². The molecule has 8 heteroatoms. The maximum absolute atomic E-state index is 13.0. The lowest BCUT2D eigenvalue weighted by atomic mass is 10.0. The molecule has 2 aliphatic rings. The highest BCUT2D eigenvalue weighted by Crippen LogP contribution is 2.31. The number of anilines is 1. The van der Waals surface area contributed by atoms with Crippen LogP contribution < -0.4 is 14.4 Å². The van der Waals surface area contributed by atoms with E-state index in [2.05, 4.69) is 39.8 Å². The highest BCUT2D eigenvalue weighted by molar-refractivity contribution is 7.89. The fourth-order valence-electron chi connectivity index (χ4n) is 4.43. The van der Waals surface area contributed by atoms with Crippen LogP contribution >= 0.6 is 0 Å². The van der Waals surface area contributed by atoms with E-state index >= 15 is 0 Å². The summed E-state index contributed by atoms with van der Waals surface area (Å²) in [6.07, 6.45) is 1.02. The van der Waals surface area contributed by atoms with Crippen LogP contribution in [0.1, 0.15) is 22.7 Å². The van der Waals surface area contributed by atoms with Crippen molar-refractivity contribution in [3.8, 4) is 5.75 Å². The van der Waals surface area contributed by atoms with Crippen LogP contribution in [0.3, 0.4) is 0 Å². The zero-order valence-corrected chi connectivity index (χ0v) is 19.2. The normalized spacial score (nSPS) is 18.1. The van der Waals surface area contributed by atoms with Gasteiger partial charge in [0, 0.05) is 45.0 Å². The number of hydrogen-bond acceptors (Lipinski definition) is 6. The van der Waals surface area contributed by atoms with E-state index in [1.54, 1.807) is 25.3 Å². The van der Waals surface area contributed by atoms with Gasteiger partial charge in [-0.3, -0.25) is 4.90 Å². The first-order valence-electron chi connectivity index (χ1n) is 10.7. The molecule has 0 aromatic heterocycles. The first-order chi connectivity index (χ1) is 14.9. The Hall–Kier alpha value is -2.13. The standard InChI is InChI=1S/C23H31N3O4S/c1-17-14-20(5-7-23(17)29-3)31(27,28)24-16-22(26-10-12-30-13-11-26)18-4-6-21-19(15-18)8-9-25(21)2/h4-7,14-15,22,24H,8-13,16H2,1-3H3. The number of ether oxygens (including phenoxy) is 2. The molecule has 4 rings (SSSR count). The van der Waals surface area contributed by atoms with E-state index < -0.39 is 10.0 Å². The van der Waals surface area contributed by atoms with E-state index in [1.807, 2.05) is 6.92 Å². The lowest BCUT2D eigenvalue weighted by Crippen LogP contribution is -2.43. The molecule has 2 aromatic carbocycles. The molecule has 0 amide bonds. The van der Waals surface area contributed by atoms with E-state index in [0.717, 1.165) is 37.2 Å². The Balaban J connectivity index is 1.57. The summed E-state index contributed by atoms with van der Waals surface area (Å²) in [5, 5.41) is 0. The van der Waals surface area contributed by atoms with Crippen molar-refractivity contribution in [2.75, 3.05) is 58.5 Å².